The minimum atomic E-state index is -4.82. The molecule has 0 aliphatic carbocycles. The molecule has 1 aliphatic rings. The average Bonchev–Trinajstić information content (AvgIpc) is 2.45. The van der Waals surface area contributed by atoms with E-state index >= 15 is 0 Å². The van der Waals surface area contributed by atoms with E-state index in [1.807, 2.05) is 6.92 Å². The van der Waals surface area contributed by atoms with Crippen molar-refractivity contribution in [2.24, 2.45) is 11.7 Å². The maximum Gasteiger partial charge on any atom is 0.419 e. The zero-order valence-electron chi connectivity index (χ0n) is 12.2. The molecule has 3 nitrogen and oxygen atoms in total. The van der Waals surface area contributed by atoms with Gasteiger partial charge >= 0.3 is 6.18 Å². The van der Waals surface area contributed by atoms with Gasteiger partial charge in [0.2, 0.25) is 0 Å². The monoisotopic (exact) mass is 318 g/mol. The first-order valence-corrected chi connectivity index (χ1v) is 7.12. The van der Waals surface area contributed by atoms with Crippen LogP contribution in [0, 0.1) is 11.7 Å². The summed E-state index contributed by atoms with van der Waals surface area (Å²) in [7, 11) is 0. The highest BCUT2D eigenvalue weighted by Crippen LogP contribution is 2.33. The minimum absolute atomic E-state index is 0.0755. The van der Waals surface area contributed by atoms with Crippen molar-refractivity contribution in [2.75, 3.05) is 13.1 Å². The number of amides is 1. The Hall–Kier alpha value is -1.63. The van der Waals surface area contributed by atoms with Crippen LogP contribution < -0.4 is 5.73 Å². The summed E-state index contributed by atoms with van der Waals surface area (Å²) in [5.74, 6) is -2.15. The lowest BCUT2D eigenvalue weighted by atomic mass is 9.91. The van der Waals surface area contributed by atoms with Crippen LogP contribution in [0.15, 0.2) is 18.2 Å². The maximum atomic E-state index is 14.0. The molecule has 0 spiro atoms. The predicted molar refractivity (Wildman–Crippen MR) is 73.7 cm³/mol. The van der Waals surface area contributed by atoms with Crippen LogP contribution in [0.1, 0.15) is 35.7 Å². The molecule has 0 bridgehead atoms. The summed E-state index contributed by atoms with van der Waals surface area (Å²) in [6, 6.07) is 2.64. The molecule has 1 saturated heterocycles. The fourth-order valence-electron chi connectivity index (χ4n) is 2.71. The van der Waals surface area contributed by atoms with Crippen LogP contribution in [-0.4, -0.2) is 29.9 Å². The third-order valence-electron chi connectivity index (χ3n) is 4.02. The zero-order valence-corrected chi connectivity index (χ0v) is 12.2. The van der Waals surface area contributed by atoms with Crippen LogP contribution in [0.5, 0.6) is 0 Å². The molecule has 0 saturated carbocycles. The largest absolute Gasteiger partial charge is 0.419 e. The van der Waals surface area contributed by atoms with E-state index in [0.717, 1.165) is 18.6 Å². The first-order chi connectivity index (χ1) is 10.2. The van der Waals surface area contributed by atoms with E-state index in [1.165, 1.54) is 4.90 Å². The molecule has 1 amide bonds. The van der Waals surface area contributed by atoms with Gasteiger partial charge in [-0.05, 0) is 37.8 Å². The summed E-state index contributed by atoms with van der Waals surface area (Å²) in [4.78, 5) is 13.7. The third kappa shape index (κ3) is 3.40. The molecule has 0 radical (unpaired) electrons. The van der Waals surface area contributed by atoms with Gasteiger partial charge in [0.05, 0.1) is 11.1 Å². The predicted octanol–water partition coefficient (Wildman–Crippen LogP) is 3.04. The van der Waals surface area contributed by atoms with E-state index in [-0.39, 0.29) is 12.0 Å². The van der Waals surface area contributed by atoms with Gasteiger partial charge in [-0.3, -0.25) is 4.79 Å². The van der Waals surface area contributed by atoms with E-state index < -0.39 is 29.0 Å². The zero-order chi connectivity index (χ0) is 16.5. The van der Waals surface area contributed by atoms with Crippen molar-refractivity contribution in [2.45, 2.75) is 32.0 Å². The minimum Gasteiger partial charge on any atom is -0.338 e. The number of carbonyl (C=O) groups is 1. The number of nitrogens with zero attached hydrogens (tertiary/aromatic N) is 1. The molecule has 2 atom stereocenters. The summed E-state index contributed by atoms with van der Waals surface area (Å²) in [6.45, 7) is 2.56. The highest BCUT2D eigenvalue weighted by molar-refractivity contribution is 5.94. The summed E-state index contributed by atoms with van der Waals surface area (Å²) in [5, 5.41) is 0. The highest BCUT2D eigenvalue weighted by Gasteiger charge is 2.36. The number of alkyl halides is 3. The lowest BCUT2D eigenvalue weighted by Gasteiger charge is -2.34. The number of hydrogen-bond acceptors (Lipinski definition) is 2. The summed E-state index contributed by atoms with van der Waals surface area (Å²) >= 11 is 0. The number of piperidine rings is 1. The van der Waals surface area contributed by atoms with E-state index in [2.05, 4.69) is 0 Å². The summed E-state index contributed by atoms with van der Waals surface area (Å²) in [5.41, 5.74) is 3.86. The second kappa shape index (κ2) is 6.24. The Kier molecular flexibility index (Phi) is 4.75. The van der Waals surface area contributed by atoms with Gasteiger partial charge in [-0.15, -0.1) is 0 Å². The fourth-order valence-corrected chi connectivity index (χ4v) is 2.71. The van der Waals surface area contributed by atoms with Gasteiger partial charge in [0.15, 0.2) is 0 Å². The van der Waals surface area contributed by atoms with E-state index in [0.29, 0.717) is 25.6 Å². The molecular weight excluding hydrogens is 300 g/mol. The van der Waals surface area contributed by atoms with Crippen LogP contribution in [0.25, 0.3) is 0 Å². The third-order valence-corrected chi connectivity index (χ3v) is 4.02. The number of rotatable bonds is 2. The number of halogens is 4. The first kappa shape index (κ1) is 16.7. The quantitative estimate of drug-likeness (QED) is 0.852. The molecule has 1 aromatic carbocycles. The van der Waals surface area contributed by atoms with Crippen LogP contribution in [-0.2, 0) is 6.18 Å². The Balaban J connectivity index is 2.26. The van der Waals surface area contributed by atoms with Crippen molar-refractivity contribution in [1.29, 1.82) is 0 Å². The van der Waals surface area contributed by atoms with Gasteiger partial charge in [-0.25, -0.2) is 4.39 Å². The SMILES string of the molecule is C[C@H](N)[C@H]1CCCN(C(=O)c2cccc(C(F)(F)F)c2F)C1. The lowest BCUT2D eigenvalue weighted by Crippen LogP contribution is -2.45. The normalized spacial score (nSPS) is 20.8. The molecular formula is C15H18F4N2O. The molecule has 2 rings (SSSR count). The first-order valence-electron chi connectivity index (χ1n) is 7.12. The molecule has 22 heavy (non-hydrogen) atoms. The van der Waals surface area contributed by atoms with Gasteiger partial charge in [0.25, 0.3) is 5.91 Å². The molecule has 1 aliphatic heterocycles. The summed E-state index contributed by atoms with van der Waals surface area (Å²) < 4.78 is 52.2. The molecule has 0 unspecified atom stereocenters. The Morgan fingerprint density at radius 2 is 2.09 bits per heavy atom. The standard InChI is InChI=1S/C15H18F4N2O/c1-9(20)10-4-3-7-21(8-10)14(22)11-5-2-6-12(13(11)16)15(17,18)19/h2,5-6,9-10H,3-4,7-8,20H2,1H3/t9-,10-/m0/s1. The Morgan fingerprint density at radius 1 is 1.41 bits per heavy atom. The van der Waals surface area contributed by atoms with Crippen LogP contribution >= 0.6 is 0 Å². The van der Waals surface area contributed by atoms with Gasteiger partial charge in [-0.1, -0.05) is 6.07 Å². The second-order valence-corrected chi connectivity index (χ2v) is 5.68. The Labute approximate surface area is 126 Å². The van der Waals surface area contributed by atoms with Crippen molar-refractivity contribution >= 4 is 5.91 Å². The number of carbonyl (C=O) groups excluding carboxylic acids is 1. The van der Waals surface area contributed by atoms with E-state index in [9.17, 15) is 22.4 Å². The topological polar surface area (TPSA) is 46.3 Å². The fraction of sp³-hybridized carbons (Fsp3) is 0.533. The van der Waals surface area contributed by atoms with Crippen molar-refractivity contribution < 1.29 is 22.4 Å². The van der Waals surface area contributed by atoms with Crippen molar-refractivity contribution in [3.8, 4) is 0 Å². The maximum absolute atomic E-state index is 14.0. The Bertz CT molecular complexity index is 557. The van der Waals surface area contributed by atoms with Gasteiger partial charge in [0, 0.05) is 19.1 Å². The second-order valence-electron chi connectivity index (χ2n) is 5.68. The molecule has 122 valence electrons. The molecule has 0 aromatic heterocycles. The molecule has 1 aromatic rings. The lowest BCUT2D eigenvalue weighted by molar-refractivity contribution is -0.140. The molecule has 1 fully saturated rings. The number of nitrogens with two attached hydrogens (primary N) is 1. The van der Waals surface area contributed by atoms with E-state index in [1.54, 1.807) is 0 Å². The van der Waals surface area contributed by atoms with Crippen LogP contribution in [0.3, 0.4) is 0 Å². The van der Waals surface area contributed by atoms with E-state index in [4.69, 9.17) is 5.73 Å². The Morgan fingerprint density at radius 3 is 2.68 bits per heavy atom. The molecule has 1 heterocycles. The van der Waals surface area contributed by atoms with Crippen LogP contribution in [0.2, 0.25) is 0 Å². The van der Waals surface area contributed by atoms with Gasteiger partial charge < -0.3 is 10.6 Å². The number of benzene rings is 1. The average molecular weight is 318 g/mol. The van der Waals surface area contributed by atoms with Crippen LogP contribution in [0.4, 0.5) is 17.6 Å². The smallest absolute Gasteiger partial charge is 0.338 e. The molecule has 7 heteroatoms. The van der Waals surface area contributed by atoms with Gasteiger partial charge in [-0.2, -0.15) is 13.2 Å². The number of hydrogen-bond donors (Lipinski definition) is 1. The van der Waals surface area contributed by atoms with Gasteiger partial charge in [0.1, 0.15) is 5.82 Å². The highest BCUT2D eigenvalue weighted by atomic mass is 19.4. The number of likely N-dealkylation sites (tertiary alicyclic amines) is 1. The van der Waals surface area contributed by atoms with Crippen molar-refractivity contribution in [3.05, 3.63) is 35.1 Å². The summed E-state index contributed by atoms with van der Waals surface area (Å²) in [6.07, 6.45) is -3.26. The molecule has 2 N–H and O–H groups in total. The van der Waals surface area contributed by atoms with Crippen molar-refractivity contribution in [3.63, 3.8) is 0 Å². The van der Waals surface area contributed by atoms with Crippen molar-refractivity contribution in [1.82, 2.24) is 4.90 Å².